The maximum absolute atomic E-state index is 12.6. The maximum Gasteiger partial charge on any atom is 0.471 e. The van der Waals surface area contributed by atoms with Crippen molar-refractivity contribution >= 4 is 6.09 Å². The maximum atomic E-state index is 12.6. The summed E-state index contributed by atoms with van der Waals surface area (Å²) in [6.07, 6.45) is -3.41. The largest absolute Gasteiger partial charge is 0.471 e. The lowest BCUT2D eigenvalue weighted by molar-refractivity contribution is -0.159. The van der Waals surface area contributed by atoms with Crippen LogP contribution in [0.25, 0.3) is 11.4 Å². The van der Waals surface area contributed by atoms with Crippen LogP contribution in [0, 0.1) is 0 Å². The van der Waals surface area contributed by atoms with Crippen LogP contribution in [-0.2, 0) is 10.9 Å². The van der Waals surface area contributed by atoms with Crippen LogP contribution in [0.4, 0.5) is 18.0 Å². The van der Waals surface area contributed by atoms with Crippen LogP contribution in [0.5, 0.6) is 0 Å². The first kappa shape index (κ1) is 19.2. The summed E-state index contributed by atoms with van der Waals surface area (Å²) in [5.41, 5.74) is 0.699. The lowest BCUT2D eigenvalue weighted by Gasteiger charge is -2.28. The summed E-state index contributed by atoms with van der Waals surface area (Å²) in [6, 6.07) is 6.61. The van der Waals surface area contributed by atoms with E-state index in [1.54, 1.807) is 29.2 Å². The molecule has 0 aliphatic carbocycles. The summed E-state index contributed by atoms with van der Waals surface area (Å²) in [5.74, 6) is -1.52. The van der Waals surface area contributed by atoms with Crippen molar-refractivity contribution in [1.82, 2.24) is 15.0 Å². The number of ether oxygens (including phenoxy) is 1. The van der Waals surface area contributed by atoms with E-state index in [0.717, 1.165) is 18.4 Å². The number of rotatable bonds is 2. The van der Waals surface area contributed by atoms with Crippen LogP contribution in [0.2, 0.25) is 0 Å². The van der Waals surface area contributed by atoms with Crippen LogP contribution in [0.15, 0.2) is 28.8 Å². The molecule has 1 aliphatic heterocycles. The van der Waals surface area contributed by atoms with Crippen molar-refractivity contribution in [2.75, 3.05) is 6.54 Å². The predicted octanol–water partition coefficient (Wildman–Crippen LogP) is 4.83. The van der Waals surface area contributed by atoms with Crippen LogP contribution < -0.4 is 0 Å². The van der Waals surface area contributed by atoms with Gasteiger partial charge in [0.15, 0.2) is 0 Å². The lowest BCUT2D eigenvalue weighted by Crippen LogP contribution is -2.36. The standard InChI is InChI=1S/C18H20F3N3O3/c1-17(2,3)26-16(25)24-10-4-5-13(24)11-6-8-12(9-7-11)14-22-15(27-23-14)18(19,20)21/h6-9,13H,4-5,10H2,1-3H3. The van der Waals surface area contributed by atoms with E-state index in [2.05, 4.69) is 14.7 Å². The van der Waals surface area contributed by atoms with Gasteiger partial charge in [0.25, 0.3) is 0 Å². The number of halogens is 3. The first-order chi connectivity index (χ1) is 12.5. The molecule has 0 N–H and O–H groups in total. The number of alkyl halides is 3. The molecular formula is C18H20F3N3O3. The van der Waals surface area contributed by atoms with Gasteiger partial charge in [0.05, 0.1) is 6.04 Å². The summed E-state index contributed by atoms with van der Waals surface area (Å²) in [5, 5.41) is 3.37. The van der Waals surface area contributed by atoms with Crippen LogP contribution >= 0.6 is 0 Å². The van der Waals surface area contributed by atoms with E-state index in [9.17, 15) is 18.0 Å². The molecule has 1 fully saturated rings. The van der Waals surface area contributed by atoms with Gasteiger partial charge < -0.3 is 14.2 Å². The van der Waals surface area contributed by atoms with Gasteiger partial charge in [0, 0.05) is 12.1 Å². The van der Waals surface area contributed by atoms with Gasteiger partial charge in [-0.05, 0) is 39.2 Å². The zero-order valence-electron chi connectivity index (χ0n) is 15.2. The van der Waals surface area contributed by atoms with Gasteiger partial charge in [-0.25, -0.2) is 4.79 Å². The molecule has 1 unspecified atom stereocenters. The Balaban J connectivity index is 1.76. The van der Waals surface area contributed by atoms with Crippen molar-refractivity contribution in [3.8, 4) is 11.4 Å². The summed E-state index contributed by atoms with van der Waals surface area (Å²) in [7, 11) is 0. The number of hydrogen-bond acceptors (Lipinski definition) is 5. The van der Waals surface area contributed by atoms with Gasteiger partial charge in [0.2, 0.25) is 5.82 Å². The van der Waals surface area contributed by atoms with Crippen LogP contribution in [0.3, 0.4) is 0 Å². The van der Waals surface area contributed by atoms with E-state index >= 15 is 0 Å². The molecule has 6 nitrogen and oxygen atoms in total. The Labute approximate surface area is 154 Å². The lowest BCUT2D eigenvalue weighted by atomic mass is 10.0. The third-order valence-electron chi connectivity index (χ3n) is 4.10. The van der Waals surface area contributed by atoms with E-state index in [4.69, 9.17) is 4.74 Å². The molecule has 1 aromatic heterocycles. The molecule has 0 spiro atoms. The Kier molecular flexibility index (Phi) is 4.88. The fraction of sp³-hybridized carbons (Fsp3) is 0.500. The van der Waals surface area contributed by atoms with Crippen molar-refractivity contribution in [2.24, 2.45) is 0 Å². The minimum Gasteiger partial charge on any atom is -0.444 e. The minimum atomic E-state index is -4.68. The zero-order chi connectivity index (χ0) is 19.8. The number of amides is 1. The van der Waals surface area contributed by atoms with Gasteiger partial charge in [-0.1, -0.05) is 29.4 Å². The molecular weight excluding hydrogens is 363 g/mol. The van der Waals surface area contributed by atoms with Gasteiger partial charge >= 0.3 is 18.2 Å². The fourth-order valence-corrected chi connectivity index (χ4v) is 2.96. The Morgan fingerprint density at radius 2 is 1.89 bits per heavy atom. The van der Waals surface area contributed by atoms with Crippen LogP contribution in [0.1, 0.15) is 51.1 Å². The Morgan fingerprint density at radius 1 is 1.22 bits per heavy atom. The molecule has 27 heavy (non-hydrogen) atoms. The van der Waals surface area contributed by atoms with E-state index < -0.39 is 17.7 Å². The third kappa shape index (κ3) is 4.40. The number of carbonyl (C=O) groups excluding carboxylic acids is 1. The molecule has 1 atom stereocenters. The van der Waals surface area contributed by atoms with Gasteiger partial charge in [-0.15, -0.1) is 0 Å². The SMILES string of the molecule is CC(C)(C)OC(=O)N1CCCC1c1ccc(-c2noc(C(F)(F)F)n2)cc1. The highest BCUT2D eigenvalue weighted by Gasteiger charge is 2.38. The number of nitrogens with zero attached hydrogens (tertiary/aromatic N) is 3. The van der Waals surface area contributed by atoms with Crippen LogP contribution in [-0.4, -0.2) is 33.3 Å². The average Bonchev–Trinajstić information content (AvgIpc) is 3.22. The third-order valence-corrected chi connectivity index (χ3v) is 4.10. The fourth-order valence-electron chi connectivity index (χ4n) is 2.96. The number of benzene rings is 1. The molecule has 0 saturated carbocycles. The van der Waals surface area contributed by atoms with Crippen molar-refractivity contribution in [3.63, 3.8) is 0 Å². The highest BCUT2D eigenvalue weighted by molar-refractivity contribution is 5.69. The second kappa shape index (κ2) is 6.86. The monoisotopic (exact) mass is 383 g/mol. The first-order valence-electron chi connectivity index (χ1n) is 8.55. The second-order valence-corrected chi connectivity index (χ2v) is 7.37. The van der Waals surface area contributed by atoms with E-state index in [1.807, 2.05) is 20.8 Å². The van der Waals surface area contributed by atoms with Crippen molar-refractivity contribution in [1.29, 1.82) is 0 Å². The Bertz CT molecular complexity index is 810. The highest BCUT2D eigenvalue weighted by atomic mass is 19.4. The molecule has 9 heteroatoms. The zero-order valence-corrected chi connectivity index (χ0v) is 15.2. The number of aromatic nitrogens is 2. The molecule has 1 aromatic carbocycles. The van der Waals surface area contributed by atoms with E-state index in [1.165, 1.54) is 0 Å². The molecule has 146 valence electrons. The Hall–Kier alpha value is -2.58. The summed E-state index contributed by atoms with van der Waals surface area (Å²) >= 11 is 0. The Morgan fingerprint density at radius 3 is 2.44 bits per heavy atom. The first-order valence-corrected chi connectivity index (χ1v) is 8.55. The molecule has 0 bridgehead atoms. The van der Waals surface area contributed by atoms with Crippen molar-refractivity contribution in [3.05, 3.63) is 35.7 Å². The normalized spacial score (nSPS) is 18.0. The molecule has 1 aliphatic rings. The van der Waals surface area contributed by atoms with Gasteiger partial charge in [-0.3, -0.25) is 0 Å². The summed E-state index contributed by atoms with van der Waals surface area (Å²) in [6.45, 7) is 6.03. The second-order valence-electron chi connectivity index (χ2n) is 7.37. The topological polar surface area (TPSA) is 68.5 Å². The van der Waals surface area contributed by atoms with Crippen molar-refractivity contribution in [2.45, 2.75) is 51.4 Å². The quantitative estimate of drug-likeness (QED) is 0.743. The smallest absolute Gasteiger partial charge is 0.444 e. The van der Waals surface area contributed by atoms with Gasteiger partial charge in [-0.2, -0.15) is 18.2 Å². The number of carbonyl (C=O) groups is 1. The summed E-state index contributed by atoms with van der Waals surface area (Å²) in [4.78, 5) is 17.4. The molecule has 2 aromatic rings. The average molecular weight is 383 g/mol. The minimum absolute atomic E-state index is 0.134. The van der Waals surface area contributed by atoms with Crippen molar-refractivity contribution < 1.29 is 27.2 Å². The predicted molar refractivity (Wildman–Crippen MR) is 89.7 cm³/mol. The molecule has 1 saturated heterocycles. The molecule has 3 rings (SSSR count). The number of hydrogen-bond donors (Lipinski definition) is 0. The van der Waals surface area contributed by atoms with E-state index in [0.29, 0.717) is 12.1 Å². The summed E-state index contributed by atoms with van der Waals surface area (Å²) < 4.78 is 47.4. The van der Waals surface area contributed by atoms with Gasteiger partial charge in [0.1, 0.15) is 5.60 Å². The highest BCUT2D eigenvalue weighted by Crippen LogP contribution is 2.34. The van der Waals surface area contributed by atoms with E-state index in [-0.39, 0.29) is 18.0 Å². The number of likely N-dealkylation sites (tertiary alicyclic amines) is 1. The molecule has 1 amide bonds. The molecule has 0 radical (unpaired) electrons. The molecule has 2 heterocycles.